The zero-order valence-electron chi connectivity index (χ0n) is 11.5. The average Bonchev–Trinajstić information content (AvgIpc) is 3.05. The monoisotopic (exact) mass is 401 g/mol. The molecule has 2 rings (SSSR count). The molecule has 112 valence electrons. The lowest BCUT2D eigenvalue weighted by atomic mass is 10.1. The van der Waals surface area contributed by atoms with Crippen LogP contribution in [0.4, 0.5) is 0 Å². The Balaban J connectivity index is 0.00000180. The number of piperidine rings is 1. The van der Waals surface area contributed by atoms with E-state index in [0.717, 1.165) is 25.9 Å². The van der Waals surface area contributed by atoms with Crippen molar-refractivity contribution in [1.82, 2.24) is 4.90 Å². The molecule has 0 bridgehead atoms. The molecule has 2 fully saturated rings. The molecule has 1 saturated heterocycles. The number of aliphatic imine (C=N–C) groups is 1. The van der Waals surface area contributed by atoms with E-state index < -0.39 is 9.84 Å². The summed E-state index contributed by atoms with van der Waals surface area (Å²) in [5.74, 6) is 0.839. The summed E-state index contributed by atoms with van der Waals surface area (Å²) in [4.78, 5) is 6.53. The highest BCUT2D eigenvalue weighted by Crippen LogP contribution is 2.46. The Hall–Kier alpha value is -0.0500. The minimum absolute atomic E-state index is 0. The van der Waals surface area contributed by atoms with Crippen LogP contribution in [-0.2, 0) is 9.84 Å². The fourth-order valence-corrected chi connectivity index (χ4v) is 4.05. The van der Waals surface area contributed by atoms with Crippen molar-refractivity contribution in [1.29, 1.82) is 0 Å². The number of hydrogen-bond donors (Lipinski definition) is 1. The molecule has 0 amide bonds. The highest BCUT2D eigenvalue weighted by molar-refractivity contribution is 14.0. The van der Waals surface area contributed by atoms with E-state index in [9.17, 15) is 8.42 Å². The molecule has 1 aliphatic carbocycles. The Labute approximate surface area is 133 Å². The number of rotatable bonds is 4. The Bertz CT molecular complexity index is 426. The first kappa shape index (κ1) is 17.0. The standard InChI is InChI=1S/C12H23N3O2S.HI/c1-18(16,17)10-12(5-6-12)9-14-11(13)15-7-3-2-4-8-15;/h2-10H2,1H3,(H2,13,14);1H. The van der Waals surface area contributed by atoms with Gasteiger partial charge in [0.05, 0.1) is 5.75 Å². The minimum atomic E-state index is -2.92. The van der Waals surface area contributed by atoms with Gasteiger partial charge >= 0.3 is 0 Å². The fraction of sp³-hybridized carbons (Fsp3) is 0.917. The summed E-state index contributed by atoms with van der Waals surface area (Å²) in [5.41, 5.74) is 5.86. The van der Waals surface area contributed by atoms with Gasteiger partial charge in [0, 0.05) is 31.3 Å². The van der Waals surface area contributed by atoms with E-state index in [0.29, 0.717) is 12.5 Å². The van der Waals surface area contributed by atoms with E-state index in [-0.39, 0.29) is 35.1 Å². The fourth-order valence-electron chi connectivity index (χ4n) is 2.55. The molecule has 2 N–H and O–H groups in total. The second kappa shape index (κ2) is 6.60. The van der Waals surface area contributed by atoms with E-state index in [1.54, 1.807) is 0 Å². The smallest absolute Gasteiger partial charge is 0.191 e. The van der Waals surface area contributed by atoms with Gasteiger partial charge in [-0.25, -0.2) is 8.42 Å². The van der Waals surface area contributed by atoms with Gasteiger partial charge < -0.3 is 10.6 Å². The van der Waals surface area contributed by atoms with Crippen molar-refractivity contribution in [2.45, 2.75) is 32.1 Å². The van der Waals surface area contributed by atoms with Gasteiger partial charge in [-0.05, 0) is 32.1 Å². The molecule has 0 atom stereocenters. The molecule has 2 aliphatic rings. The number of sulfone groups is 1. The Kier molecular flexibility index (Phi) is 5.91. The molecule has 0 unspecified atom stereocenters. The molecule has 0 spiro atoms. The zero-order chi connectivity index (χ0) is 13.2. The molecule has 1 aliphatic heterocycles. The Morgan fingerprint density at radius 3 is 2.32 bits per heavy atom. The van der Waals surface area contributed by atoms with Gasteiger partial charge in [0.1, 0.15) is 9.84 Å². The maximum absolute atomic E-state index is 11.3. The summed E-state index contributed by atoms with van der Waals surface area (Å²) >= 11 is 0. The molecule has 1 saturated carbocycles. The second-order valence-corrected chi connectivity index (χ2v) is 7.93. The summed E-state index contributed by atoms with van der Waals surface area (Å²) in [5, 5.41) is 0. The molecule has 1 heterocycles. The maximum Gasteiger partial charge on any atom is 0.191 e. The van der Waals surface area contributed by atoms with Crippen LogP contribution in [0, 0.1) is 5.41 Å². The largest absolute Gasteiger partial charge is 0.370 e. The van der Waals surface area contributed by atoms with Crippen LogP contribution in [0.3, 0.4) is 0 Å². The maximum atomic E-state index is 11.3. The van der Waals surface area contributed by atoms with Crippen LogP contribution < -0.4 is 5.73 Å². The van der Waals surface area contributed by atoms with E-state index in [2.05, 4.69) is 9.89 Å². The van der Waals surface area contributed by atoms with Crippen molar-refractivity contribution in [3.63, 3.8) is 0 Å². The minimum Gasteiger partial charge on any atom is -0.370 e. The lowest BCUT2D eigenvalue weighted by Crippen LogP contribution is -2.41. The zero-order valence-corrected chi connectivity index (χ0v) is 14.6. The predicted octanol–water partition coefficient (Wildman–Crippen LogP) is 1.23. The predicted molar refractivity (Wildman–Crippen MR) is 88.7 cm³/mol. The second-order valence-electron chi connectivity index (χ2n) is 5.79. The first-order valence-corrected chi connectivity index (χ1v) is 8.69. The lowest BCUT2D eigenvalue weighted by Gasteiger charge is -2.27. The Morgan fingerprint density at radius 1 is 1.26 bits per heavy atom. The van der Waals surface area contributed by atoms with Gasteiger partial charge in [-0.3, -0.25) is 4.99 Å². The Morgan fingerprint density at radius 2 is 1.84 bits per heavy atom. The quantitative estimate of drug-likeness (QED) is 0.437. The number of guanidine groups is 1. The highest BCUT2D eigenvalue weighted by Gasteiger charge is 2.45. The van der Waals surface area contributed by atoms with Crippen LogP contribution in [0.25, 0.3) is 0 Å². The van der Waals surface area contributed by atoms with Crippen LogP contribution in [0.2, 0.25) is 0 Å². The SMILES string of the molecule is CS(=O)(=O)CC1(CN=C(N)N2CCCCC2)CC1.I. The highest BCUT2D eigenvalue weighted by atomic mass is 127. The number of halogens is 1. The third-order valence-electron chi connectivity index (χ3n) is 3.78. The molecule has 5 nitrogen and oxygen atoms in total. The van der Waals surface area contributed by atoms with Crippen molar-refractivity contribution in [2.24, 2.45) is 16.1 Å². The molecule has 0 aromatic carbocycles. The van der Waals surface area contributed by atoms with Crippen LogP contribution >= 0.6 is 24.0 Å². The van der Waals surface area contributed by atoms with Gasteiger partial charge in [0.15, 0.2) is 5.96 Å². The normalized spacial score (nSPS) is 22.8. The van der Waals surface area contributed by atoms with Crippen molar-refractivity contribution < 1.29 is 8.42 Å². The third kappa shape index (κ3) is 5.45. The number of likely N-dealkylation sites (tertiary alicyclic amines) is 1. The number of nitrogens with zero attached hydrogens (tertiary/aromatic N) is 2. The van der Waals surface area contributed by atoms with Crippen molar-refractivity contribution in [2.75, 3.05) is 31.6 Å². The topological polar surface area (TPSA) is 75.8 Å². The van der Waals surface area contributed by atoms with E-state index in [1.807, 2.05) is 0 Å². The van der Waals surface area contributed by atoms with Crippen LogP contribution in [-0.4, -0.2) is 50.9 Å². The summed E-state index contributed by atoms with van der Waals surface area (Å²) in [6.07, 6.45) is 6.82. The van der Waals surface area contributed by atoms with Gasteiger partial charge in [0.25, 0.3) is 0 Å². The first-order valence-electron chi connectivity index (χ1n) is 6.63. The van der Waals surface area contributed by atoms with Gasteiger partial charge in [-0.2, -0.15) is 0 Å². The van der Waals surface area contributed by atoms with E-state index in [4.69, 9.17) is 5.73 Å². The van der Waals surface area contributed by atoms with Crippen LogP contribution in [0.1, 0.15) is 32.1 Å². The summed E-state index contributed by atoms with van der Waals surface area (Å²) < 4.78 is 22.7. The van der Waals surface area contributed by atoms with Gasteiger partial charge in [0.2, 0.25) is 0 Å². The molecule has 0 radical (unpaired) electrons. The summed E-state index contributed by atoms with van der Waals surface area (Å²) in [6.45, 7) is 2.52. The van der Waals surface area contributed by atoms with E-state index in [1.165, 1.54) is 25.5 Å². The van der Waals surface area contributed by atoms with Crippen molar-refractivity contribution in [3.8, 4) is 0 Å². The van der Waals surface area contributed by atoms with Crippen molar-refractivity contribution in [3.05, 3.63) is 0 Å². The van der Waals surface area contributed by atoms with Crippen LogP contribution in [0.15, 0.2) is 4.99 Å². The molecule has 0 aromatic rings. The lowest BCUT2D eigenvalue weighted by molar-refractivity contribution is 0.337. The van der Waals surface area contributed by atoms with Gasteiger partial charge in [-0.1, -0.05) is 0 Å². The van der Waals surface area contributed by atoms with Crippen molar-refractivity contribution >= 4 is 39.8 Å². The molecule has 0 aromatic heterocycles. The number of hydrogen-bond acceptors (Lipinski definition) is 3. The number of nitrogens with two attached hydrogens (primary N) is 1. The van der Waals surface area contributed by atoms with Gasteiger partial charge in [-0.15, -0.1) is 24.0 Å². The molecule has 7 heteroatoms. The first-order chi connectivity index (χ1) is 8.40. The molecular formula is C12H24IN3O2S. The van der Waals surface area contributed by atoms with Crippen LogP contribution in [0.5, 0.6) is 0 Å². The molecule has 19 heavy (non-hydrogen) atoms. The van der Waals surface area contributed by atoms with E-state index >= 15 is 0 Å². The summed E-state index contributed by atoms with van der Waals surface area (Å²) in [7, 11) is -2.92. The third-order valence-corrected chi connectivity index (χ3v) is 4.92. The molecular weight excluding hydrogens is 377 g/mol. The summed E-state index contributed by atoms with van der Waals surface area (Å²) in [6, 6.07) is 0. The average molecular weight is 401 g/mol.